The first-order valence-corrected chi connectivity index (χ1v) is 3.50. The fraction of sp³-hybridized carbons (Fsp3) is 1.00. The predicted molar refractivity (Wildman–Crippen MR) is 38.6 cm³/mol. The Bertz CT molecular complexity index is 88.9. The molecule has 0 fully saturated rings. The van der Waals surface area contributed by atoms with Gasteiger partial charge in [-0.15, -0.1) is 0 Å². The fourth-order valence-electron chi connectivity index (χ4n) is 0.754. The monoisotopic (exact) mass is 148 g/mol. The van der Waals surface area contributed by atoms with Crippen LogP contribution in [0.15, 0.2) is 0 Å². The Labute approximate surface area is 61.3 Å². The summed E-state index contributed by atoms with van der Waals surface area (Å²) in [5, 5.41) is 26.8. The van der Waals surface area contributed by atoms with Gasteiger partial charge in [0.1, 0.15) is 0 Å². The highest BCUT2D eigenvalue weighted by Crippen LogP contribution is 2.21. The molecule has 0 heterocycles. The molecular weight excluding hydrogens is 132 g/mol. The van der Waals surface area contributed by atoms with E-state index in [1.54, 1.807) is 6.92 Å². The van der Waals surface area contributed by atoms with Crippen molar-refractivity contribution in [3.05, 3.63) is 0 Å². The van der Waals surface area contributed by atoms with Crippen molar-refractivity contribution in [2.45, 2.75) is 26.4 Å². The first kappa shape index (κ1) is 9.88. The van der Waals surface area contributed by atoms with Crippen LogP contribution in [0.1, 0.15) is 20.3 Å². The lowest BCUT2D eigenvalue weighted by atomic mass is 9.85. The van der Waals surface area contributed by atoms with Crippen molar-refractivity contribution >= 4 is 0 Å². The maximum Gasteiger partial charge on any atom is 0.0635 e. The van der Waals surface area contributed by atoms with E-state index >= 15 is 0 Å². The number of hydrogen-bond donors (Lipinski definition) is 3. The normalized spacial score (nSPS) is 15.3. The standard InChI is InChI=1S/C7H16O3/c1-3-6(10)7(2,4-8)5-9/h6,8-10H,3-5H2,1-2H3. The summed E-state index contributed by atoms with van der Waals surface area (Å²) < 4.78 is 0. The number of rotatable bonds is 4. The van der Waals surface area contributed by atoms with Crippen LogP contribution in [0.4, 0.5) is 0 Å². The van der Waals surface area contributed by atoms with Crippen LogP contribution >= 0.6 is 0 Å². The van der Waals surface area contributed by atoms with Gasteiger partial charge in [0, 0.05) is 5.41 Å². The Morgan fingerprint density at radius 1 is 1.30 bits per heavy atom. The molecule has 0 rings (SSSR count). The summed E-state index contributed by atoms with van der Waals surface area (Å²) in [4.78, 5) is 0. The molecular formula is C7H16O3. The zero-order chi connectivity index (χ0) is 8.20. The van der Waals surface area contributed by atoms with Crippen molar-refractivity contribution in [3.8, 4) is 0 Å². The van der Waals surface area contributed by atoms with E-state index in [1.165, 1.54) is 0 Å². The molecule has 0 aromatic heterocycles. The van der Waals surface area contributed by atoms with Gasteiger partial charge in [0.05, 0.1) is 19.3 Å². The van der Waals surface area contributed by atoms with Crippen molar-refractivity contribution in [2.75, 3.05) is 13.2 Å². The van der Waals surface area contributed by atoms with Crippen molar-refractivity contribution in [1.29, 1.82) is 0 Å². The second-order valence-corrected chi connectivity index (χ2v) is 2.89. The summed E-state index contributed by atoms with van der Waals surface area (Å²) in [6.07, 6.45) is -0.0695. The van der Waals surface area contributed by atoms with Crippen LogP contribution in [0.2, 0.25) is 0 Å². The third kappa shape index (κ3) is 1.94. The van der Waals surface area contributed by atoms with E-state index in [0.717, 1.165) is 0 Å². The van der Waals surface area contributed by atoms with Crippen molar-refractivity contribution < 1.29 is 15.3 Å². The van der Waals surface area contributed by atoms with Gasteiger partial charge in [0.25, 0.3) is 0 Å². The molecule has 0 radical (unpaired) electrons. The van der Waals surface area contributed by atoms with Gasteiger partial charge >= 0.3 is 0 Å². The second-order valence-electron chi connectivity index (χ2n) is 2.89. The van der Waals surface area contributed by atoms with Gasteiger partial charge in [-0.1, -0.05) is 13.8 Å². The molecule has 1 unspecified atom stereocenters. The van der Waals surface area contributed by atoms with E-state index in [2.05, 4.69) is 0 Å². The minimum atomic E-state index is -0.741. The first-order chi connectivity index (χ1) is 4.60. The van der Waals surface area contributed by atoms with Gasteiger partial charge < -0.3 is 15.3 Å². The van der Waals surface area contributed by atoms with Crippen LogP contribution in [-0.2, 0) is 0 Å². The van der Waals surface area contributed by atoms with Gasteiger partial charge in [-0.2, -0.15) is 0 Å². The molecule has 62 valence electrons. The topological polar surface area (TPSA) is 60.7 Å². The number of hydrogen-bond acceptors (Lipinski definition) is 3. The maximum atomic E-state index is 9.26. The Balaban J connectivity index is 4.02. The Morgan fingerprint density at radius 2 is 1.70 bits per heavy atom. The van der Waals surface area contributed by atoms with E-state index in [1.807, 2.05) is 6.92 Å². The molecule has 0 aliphatic carbocycles. The van der Waals surface area contributed by atoms with Crippen LogP contribution in [0.5, 0.6) is 0 Å². The Kier molecular flexibility index (Phi) is 3.86. The van der Waals surface area contributed by atoms with E-state index in [0.29, 0.717) is 6.42 Å². The van der Waals surface area contributed by atoms with Gasteiger partial charge in [-0.25, -0.2) is 0 Å². The molecule has 1 atom stereocenters. The zero-order valence-corrected chi connectivity index (χ0v) is 6.54. The van der Waals surface area contributed by atoms with Gasteiger partial charge in [-0.05, 0) is 6.42 Å². The fourth-order valence-corrected chi connectivity index (χ4v) is 0.754. The lowest BCUT2D eigenvalue weighted by Crippen LogP contribution is -2.38. The zero-order valence-electron chi connectivity index (χ0n) is 6.54. The molecule has 0 amide bonds. The van der Waals surface area contributed by atoms with E-state index in [4.69, 9.17) is 10.2 Å². The average molecular weight is 148 g/mol. The molecule has 0 saturated carbocycles. The molecule has 0 aliphatic heterocycles. The summed E-state index contributed by atoms with van der Waals surface area (Å²) in [5.41, 5.74) is -0.741. The average Bonchev–Trinajstić information content (AvgIpc) is 2.01. The molecule has 0 spiro atoms. The predicted octanol–water partition coefficient (Wildman–Crippen LogP) is -0.252. The van der Waals surface area contributed by atoms with E-state index < -0.39 is 11.5 Å². The molecule has 3 nitrogen and oxygen atoms in total. The summed E-state index contributed by atoms with van der Waals surface area (Å²) in [7, 11) is 0. The Morgan fingerprint density at radius 3 is 1.80 bits per heavy atom. The van der Waals surface area contributed by atoms with Crippen molar-refractivity contribution in [1.82, 2.24) is 0 Å². The number of aliphatic hydroxyl groups excluding tert-OH is 3. The molecule has 0 saturated heterocycles. The third-order valence-electron chi connectivity index (χ3n) is 1.91. The van der Waals surface area contributed by atoms with E-state index in [-0.39, 0.29) is 13.2 Å². The minimum Gasteiger partial charge on any atom is -0.396 e. The highest BCUT2D eigenvalue weighted by Gasteiger charge is 2.30. The van der Waals surface area contributed by atoms with Crippen molar-refractivity contribution in [2.24, 2.45) is 5.41 Å². The minimum absolute atomic E-state index is 0.182. The van der Waals surface area contributed by atoms with Crippen LogP contribution in [0.3, 0.4) is 0 Å². The molecule has 10 heavy (non-hydrogen) atoms. The Hall–Kier alpha value is -0.120. The summed E-state index contributed by atoms with van der Waals surface area (Å²) in [5.74, 6) is 0. The van der Waals surface area contributed by atoms with Gasteiger partial charge in [0.15, 0.2) is 0 Å². The summed E-state index contributed by atoms with van der Waals surface area (Å²) >= 11 is 0. The molecule has 0 aromatic carbocycles. The quantitative estimate of drug-likeness (QED) is 0.515. The van der Waals surface area contributed by atoms with Crippen LogP contribution in [0.25, 0.3) is 0 Å². The second kappa shape index (κ2) is 3.91. The first-order valence-electron chi connectivity index (χ1n) is 3.50. The molecule has 0 aliphatic rings. The molecule has 0 aromatic rings. The third-order valence-corrected chi connectivity index (χ3v) is 1.91. The van der Waals surface area contributed by atoms with Gasteiger partial charge in [0.2, 0.25) is 0 Å². The summed E-state index contributed by atoms with van der Waals surface area (Å²) in [6.45, 7) is 3.10. The number of aliphatic hydroxyl groups is 3. The van der Waals surface area contributed by atoms with Crippen LogP contribution < -0.4 is 0 Å². The van der Waals surface area contributed by atoms with Crippen LogP contribution in [-0.4, -0.2) is 34.6 Å². The van der Waals surface area contributed by atoms with Gasteiger partial charge in [-0.3, -0.25) is 0 Å². The molecule has 3 N–H and O–H groups in total. The molecule has 0 bridgehead atoms. The lowest BCUT2D eigenvalue weighted by molar-refractivity contribution is -0.0417. The smallest absolute Gasteiger partial charge is 0.0635 e. The highest BCUT2D eigenvalue weighted by molar-refractivity contribution is 4.79. The lowest BCUT2D eigenvalue weighted by Gasteiger charge is -2.29. The highest BCUT2D eigenvalue weighted by atomic mass is 16.3. The van der Waals surface area contributed by atoms with Crippen molar-refractivity contribution in [3.63, 3.8) is 0 Å². The van der Waals surface area contributed by atoms with Crippen LogP contribution in [0, 0.1) is 5.41 Å². The summed E-state index contributed by atoms with van der Waals surface area (Å²) in [6, 6.07) is 0. The largest absolute Gasteiger partial charge is 0.396 e. The van der Waals surface area contributed by atoms with E-state index in [9.17, 15) is 5.11 Å². The maximum absolute atomic E-state index is 9.26. The molecule has 3 heteroatoms. The SMILES string of the molecule is CCC(O)C(C)(CO)CO.